The molecule has 1 saturated heterocycles. The van der Waals surface area contributed by atoms with Gasteiger partial charge >= 0.3 is 5.97 Å². The molecule has 0 saturated carbocycles. The fourth-order valence-electron chi connectivity index (χ4n) is 2.49. The Morgan fingerprint density at radius 1 is 1.50 bits per heavy atom. The smallest absolute Gasteiger partial charge is 0.335 e. The maximum absolute atomic E-state index is 10.8. The summed E-state index contributed by atoms with van der Waals surface area (Å²) >= 11 is 0. The monoisotopic (exact) mass is 219 g/mol. The van der Waals surface area contributed by atoms with Gasteiger partial charge < -0.3 is 5.11 Å². The van der Waals surface area contributed by atoms with Crippen molar-refractivity contribution < 1.29 is 9.90 Å². The number of carboxylic acids is 1. The summed E-state index contributed by atoms with van der Waals surface area (Å²) in [6.45, 7) is 3.12. The molecule has 0 spiro atoms. The van der Waals surface area contributed by atoms with Crippen LogP contribution in [0.3, 0.4) is 0 Å². The molecule has 0 aliphatic carbocycles. The molecule has 16 heavy (non-hydrogen) atoms. The van der Waals surface area contributed by atoms with E-state index in [0.717, 1.165) is 12.1 Å². The Bertz CT molecular complexity index is 414. The minimum Gasteiger partial charge on any atom is -0.478 e. The van der Waals surface area contributed by atoms with Gasteiger partial charge in [0.25, 0.3) is 0 Å². The van der Waals surface area contributed by atoms with Crippen LogP contribution in [0, 0.1) is 6.92 Å². The SMILES string of the molecule is Cc1cc(C(=O)O)ccc1C1CCCN1C. The molecule has 1 aromatic carbocycles. The third kappa shape index (κ3) is 1.95. The van der Waals surface area contributed by atoms with Gasteiger partial charge in [-0.15, -0.1) is 0 Å². The zero-order valence-corrected chi connectivity index (χ0v) is 9.73. The second kappa shape index (κ2) is 4.26. The summed E-state index contributed by atoms with van der Waals surface area (Å²) < 4.78 is 0. The molecule has 0 bridgehead atoms. The maximum Gasteiger partial charge on any atom is 0.335 e. The van der Waals surface area contributed by atoms with Gasteiger partial charge in [-0.25, -0.2) is 4.79 Å². The Morgan fingerprint density at radius 3 is 2.75 bits per heavy atom. The topological polar surface area (TPSA) is 40.5 Å². The molecule has 1 fully saturated rings. The molecule has 1 aromatic rings. The molecule has 0 amide bonds. The number of rotatable bonds is 2. The first-order chi connectivity index (χ1) is 7.59. The summed E-state index contributed by atoms with van der Waals surface area (Å²) in [5.74, 6) is -0.852. The zero-order chi connectivity index (χ0) is 11.7. The van der Waals surface area contributed by atoms with Crippen molar-refractivity contribution >= 4 is 5.97 Å². The van der Waals surface area contributed by atoms with Gasteiger partial charge in [0.1, 0.15) is 0 Å². The van der Waals surface area contributed by atoms with Crippen LogP contribution in [0.5, 0.6) is 0 Å². The fourth-order valence-corrected chi connectivity index (χ4v) is 2.49. The van der Waals surface area contributed by atoms with Crippen molar-refractivity contribution in [2.75, 3.05) is 13.6 Å². The van der Waals surface area contributed by atoms with Gasteiger partial charge in [0.15, 0.2) is 0 Å². The van der Waals surface area contributed by atoms with Crippen molar-refractivity contribution in [3.05, 3.63) is 34.9 Å². The van der Waals surface area contributed by atoms with Gasteiger partial charge in [0.05, 0.1) is 5.56 Å². The number of likely N-dealkylation sites (tertiary alicyclic amines) is 1. The van der Waals surface area contributed by atoms with E-state index in [4.69, 9.17) is 5.11 Å². The van der Waals surface area contributed by atoms with Crippen molar-refractivity contribution in [1.29, 1.82) is 0 Å². The number of benzene rings is 1. The Balaban J connectivity index is 2.32. The first-order valence-corrected chi connectivity index (χ1v) is 5.63. The highest BCUT2D eigenvalue weighted by Crippen LogP contribution is 2.32. The number of aromatic carboxylic acids is 1. The lowest BCUT2D eigenvalue weighted by atomic mass is 9.97. The Kier molecular flexibility index (Phi) is 2.97. The molecule has 1 unspecified atom stereocenters. The number of carboxylic acid groups (broad SMARTS) is 1. The molecule has 1 heterocycles. The molecule has 1 N–H and O–H groups in total. The second-order valence-electron chi connectivity index (χ2n) is 4.52. The van der Waals surface area contributed by atoms with E-state index in [1.807, 2.05) is 13.0 Å². The molecule has 1 aliphatic rings. The summed E-state index contributed by atoms with van der Waals surface area (Å²) in [6.07, 6.45) is 2.39. The van der Waals surface area contributed by atoms with E-state index < -0.39 is 5.97 Å². The number of hydrogen-bond donors (Lipinski definition) is 1. The number of hydrogen-bond acceptors (Lipinski definition) is 2. The molecule has 86 valence electrons. The second-order valence-corrected chi connectivity index (χ2v) is 4.52. The first-order valence-electron chi connectivity index (χ1n) is 5.63. The van der Waals surface area contributed by atoms with E-state index in [-0.39, 0.29) is 0 Å². The average Bonchev–Trinajstić information content (AvgIpc) is 2.64. The van der Waals surface area contributed by atoms with E-state index in [9.17, 15) is 4.79 Å². The van der Waals surface area contributed by atoms with Crippen molar-refractivity contribution in [1.82, 2.24) is 4.90 Å². The van der Waals surface area contributed by atoms with Crippen molar-refractivity contribution in [3.8, 4) is 0 Å². The quantitative estimate of drug-likeness (QED) is 0.830. The largest absolute Gasteiger partial charge is 0.478 e. The third-order valence-electron chi connectivity index (χ3n) is 3.40. The van der Waals surface area contributed by atoms with Gasteiger partial charge in [0.2, 0.25) is 0 Å². The molecule has 1 aliphatic heterocycles. The predicted octanol–water partition coefficient (Wildman–Crippen LogP) is 2.46. The highest BCUT2D eigenvalue weighted by Gasteiger charge is 2.24. The lowest BCUT2D eigenvalue weighted by Gasteiger charge is -2.21. The Labute approximate surface area is 95.7 Å². The third-order valence-corrected chi connectivity index (χ3v) is 3.40. The van der Waals surface area contributed by atoms with Crippen LogP contribution in [0.15, 0.2) is 18.2 Å². The molecular formula is C13H17NO2. The Hall–Kier alpha value is -1.35. The zero-order valence-electron chi connectivity index (χ0n) is 9.73. The number of carbonyl (C=O) groups is 1. The van der Waals surface area contributed by atoms with E-state index in [1.54, 1.807) is 12.1 Å². The summed E-state index contributed by atoms with van der Waals surface area (Å²) in [6, 6.07) is 5.90. The molecule has 0 radical (unpaired) electrons. The van der Waals surface area contributed by atoms with Gasteiger partial charge in [-0.05, 0) is 56.6 Å². The summed E-state index contributed by atoms with van der Waals surface area (Å²) in [4.78, 5) is 13.2. The summed E-state index contributed by atoms with van der Waals surface area (Å²) in [5.41, 5.74) is 2.73. The lowest BCUT2D eigenvalue weighted by molar-refractivity contribution is 0.0696. The normalized spacial score (nSPS) is 21.2. The van der Waals surface area contributed by atoms with Crippen LogP contribution in [-0.2, 0) is 0 Å². The van der Waals surface area contributed by atoms with E-state index in [2.05, 4.69) is 11.9 Å². The summed E-state index contributed by atoms with van der Waals surface area (Å²) in [5, 5.41) is 8.91. The van der Waals surface area contributed by atoms with Crippen LogP contribution in [0.4, 0.5) is 0 Å². The first kappa shape index (κ1) is 11.1. The Morgan fingerprint density at radius 2 is 2.25 bits per heavy atom. The van der Waals surface area contributed by atoms with E-state index in [1.165, 1.54) is 18.4 Å². The van der Waals surface area contributed by atoms with Crippen LogP contribution in [0.2, 0.25) is 0 Å². The predicted molar refractivity (Wildman–Crippen MR) is 62.7 cm³/mol. The van der Waals surface area contributed by atoms with Crippen molar-refractivity contribution in [2.45, 2.75) is 25.8 Å². The standard InChI is InChI=1S/C13H17NO2/c1-9-8-10(13(15)16)5-6-11(9)12-4-3-7-14(12)2/h5-6,8,12H,3-4,7H2,1-2H3,(H,15,16). The highest BCUT2D eigenvalue weighted by atomic mass is 16.4. The van der Waals surface area contributed by atoms with Gasteiger partial charge in [-0.3, -0.25) is 4.90 Å². The lowest BCUT2D eigenvalue weighted by Crippen LogP contribution is -2.18. The van der Waals surface area contributed by atoms with E-state index >= 15 is 0 Å². The van der Waals surface area contributed by atoms with Gasteiger partial charge in [0, 0.05) is 6.04 Å². The van der Waals surface area contributed by atoms with Crippen LogP contribution in [-0.4, -0.2) is 29.6 Å². The highest BCUT2D eigenvalue weighted by molar-refractivity contribution is 5.87. The van der Waals surface area contributed by atoms with Crippen LogP contribution < -0.4 is 0 Å². The molecule has 1 atom stereocenters. The minimum atomic E-state index is -0.852. The maximum atomic E-state index is 10.8. The molecule has 2 rings (SSSR count). The molecular weight excluding hydrogens is 202 g/mol. The van der Waals surface area contributed by atoms with Crippen molar-refractivity contribution in [3.63, 3.8) is 0 Å². The molecule has 0 aromatic heterocycles. The number of nitrogens with zero attached hydrogens (tertiary/aromatic N) is 1. The van der Waals surface area contributed by atoms with Crippen LogP contribution >= 0.6 is 0 Å². The summed E-state index contributed by atoms with van der Waals surface area (Å²) in [7, 11) is 2.13. The van der Waals surface area contributed by atoms with Crippen molar-refractivity contribution in [2.24, 2.45) is 0 Å². The fraction of sp³-hybridized carbons (Fsp3) is 0.462. The van der Waals surface area contributed by atoms with Gasteiger partial charge in [-0.1, -0.05) is 6.07 Å². The van der Waals surface area contributed by atoms with E-state index in [0.29, 0.717) is 11.6 Å². The molecule has 3 heteroatoms. The molecule has 3 nitrogen and oxygen atoms in total. The van der Waals surface area contributed by atoms with Crippen LogP contribution in [0.1, 0.15) is 40.4 Å². The van der Waals surface area contributed by atoms with Crippen LogP contribution in [0.25, 0.3) is 0 Å². The number of aryl methyl sites for hydroxylation is 1. The van der Waals surface area contributed by atoms with Gasteiger partial charge in [-0.2, -0.15) is 0 Å². The average molecular weight is 219 g/mol. The minimum absolute atomic E-state index is 0.377.